The van der Waals surface area contributed by atoms with Crippen molar-refractivity contribution in [1.82, 2.24) is 9.88 Å². The van der Waals surface area contributed by atoms with Crippen molar-refractivity contribution < 1.29 is 14.3 Å². The van der Waals surface area contributed by atoms with E-state index in [1.165, 1.54) is 16.7 Å². The van der Waals surface area contributed by atoms with Gasteiger partial charge in [-0.2, -0.15) is 0 Å². The number of fused-ring (bicyclic) bond motifs is 1. The normalized spacial score (nSPS) is 12.1. The summed E-state index contributed by atoms with van der Waals surface area (Å²) in [4.78, 5) is 12.3. The minimum atomic E-state index is -0.265. The zero-order valence-corrected chi connectivity index (χ0v) is 16.0. The van der Waals surface area contributed by atoms with Crippen LogP contribution in [0.2, 0.25) is 0 Å². The minimum Gasteiger partial charge on any atom is -0.454 e. The monoisotopic (exact) mass is 377 g/mol. The second-order valence-electron chi connectivity index (χ2n) is 6.93. The van der Waals surface area contributed by atoms with E-state index in [2.05, 4.69) is 47.2 Å². The van der Waals surface area contributed by atoms with Gasteiger partial charge in [-0.1, -0.05) is 23.8 Å². The first-order valence-electron chi connectivity index (χ1n) is 9.23. The van der Waals surface area contributed by atoms with Crippen LogP contribution < -0.4 is 20.1 Å². The lowest BCUT2D eigenvalue weighted by Gasteiger charge is -2.13. The predicted octanol–water partition coefficient (Wildman–Crippen LogP) is 4.20. The van der Waals surface area contributed by atoms with Crippen LogP contribution in [-0.4, -0.2) is 17.4 Å². The molecule has 2 aromatic carbocycles. The highest BCUT2D eigenvalue weighted by molar-refractivity contribution is 5.89. The smallest absolute Gasteiger partial charge is 0.319 e. The summed E-state index contributed by atoms with van der Waals surface area (Å²) in [5.74, 6) is 1.33. The van der Waals surface area contributed by atoms with Gasteiger partial charge in [0.2, 0.25) is 6.79 Å². The number of anilines is 1. The molecule has 1 aromatic heterocycles. The summed E-state index contributed by atoms with van der Waals surface area (Å²) >= 11 is 0. The van der Waals surface area contributed by atoms with Gasteiger partial charge >= 0.3 is 6.03 Å². The highest BCUT2D eigenvalue weighted by Gasteiger charge is 2.14. The summed E-state index contributed by atoms with van der Waals surface area (Å²) in [5, 5.41) is 5.74. The molecule has 0 radical (unpaired) electrons. The Morgan fingerprint density at radius 2 is 1.93 bits per heavy atom. The van der Waals surface area contributed by atoms with Crippen LogP contribution >= 0.6 is 0 Å². The third-order valence-electron chi connectivity index (χ3n) is 4.83. The Morgan fingerprint density at radius 1 is 1.07 bits per heavy atom. The van der Waals surface area contributed by atoms with Gasteiger partial charge in [0.1, 0.15) is 0 Å². The van der Waals surface area contributed by atoms with Crippen LogP contribution in [0.3, 0.4) is 0 Å². The summed E-state index contributed by atoms with van der Waals surface area (Å²) in [7, 11) is 0. The van der Waals surface area contributed by atoms with Crippen LogP contribution in [0, 0.1) is 13.8 Å². The first-order valence-corrected chi connectivity index (χ1v) is 9.23. The first-order chi connectivity index (χ1) is 13.6. The number of carbonyl (C=O) groups is 1. The number of nitrogens with one attached hydrogen (secondary N) is 2. The summed E-state index contributed by atoms with van der Waals surface area (Å²) in [6, 6.07) is 15.6. The van der Waals surface area contributed by atoms with Gasteiger partial charge in [-0.25, -0.2) is 4.79 Å². The molecular formula is C22H23N3O3. The van der Waals surface area contributed by atoms with Crippen molar-refractivity contribution in [3.05, 3.63) is 77.1 Å². The third-order valence-corrected chi connectivity index (χ3v) is 4.83. The molecule has 0 atom stereocenters. The van der Waals surface area contributed by atoms with Gasteiger partial charge in [0, 0.05) is 30.2 Å². The van der Waals surface area contributed by atoms with Gasteiger partial charge in [-0.05, 0) is 49.2 Å². The second kappa shape index (κ2) is 7.68. The number of hydrogen-bond donors (Lipinski definition) is 2. The first kappa shape index (κ1) is 18.0. The van der Waals surface area contributed by atoms with Gasteiger partial charge < -0.3 is 24.7 Å². The number of aromatic nitrogens is 1. The van der Waals surface area contributed by atoms with Gasteiger partial charge in [-0.15, -0.1) is 0 Å². The molecule has 2 amide bonds. The second-order valence-corrected chi connectivity index (χ2v) is 6.93. The average Bonchev–Trinajstić information content (AvgIpc) is 3.32. The molecule has 2 N–H and O–H groups in total. The van der Waals surface area contributed by atoms with Gasteiger partial charge in [0.05, 0.1) is 6.54 Å². The summed E-state index contributed by atoms with van der Waals surface area (Å²) in [6.45, 7) is 5.65. The number of nitrogens with zero attached hydrogens (tertiary/aromatic N) is 1. The zero-order valence-electron chi connectivity index (χ0n) is 16.0. The van der Waals surface area contributed by atoms with Crippen molar-refractivity contribution in [2.24, 2.45) is 0 Å². The number of rotatable bonds is 5. The Kier molecular flexibility index (Phi) is 4.93. The molecule has 0 aliphatic carbocycles. The standard InChI is InChI=1S/C22H23N3O3/c1-15-5-6-16(2)17(10-15)13-25-9-3-4-19(25)12-23-22(26)24-18-7-8-20-21(11-18)28-14-27-20/h3-11H,12-14H2,1-2H3,(H2,23,24,26). The Hall–Kier alpha value is -3.41. The molecule has 0 unspecified atom stereocenters. The van der Waals surface area contributed by atoms with E-state index in [4.69, 9.17) is 9.47 Å². The highest BCUT2D eigenvalue weighted by atomic mass is 16.7. The molecule has 6 nitrogen and oxygen atoms in total. The zero-order chi connectivity index (χ0) is 19.5. The van der Waals surface area contributed by atoms with Crippen molar-refractivity contribution in [2.75, 3.05) is 12.1 Å². The number of hydrogen-bond acceptors (Lipinski definition) is 3. The lowest BCUT2D eigenvalue weighted by Crippen LogP contribution is -2.29. The van der Waals surface area contributed by atoms with E-state index >= 15 is 0 Å². The van der Waals surface area contributed by atoms with Crippen LogP contribution in [0.15, 0.2) is 54.7 Å². The maximum absolute atomic E-state index is 12.3. The number of ether oxygens (including phenoxy) is 2. The molecule has 0 saturated heterocycles. The summed E-state index contributed by atoms with van der Waals surface area (Å²) in [6.07, 6.45) is 2.04. The molecular weight excluding hydrogens is 354 g/mol. The topological polar surface area (TPSA) is 64.5 Å². The van der Waals surface area contributed by atoms with Crippen LogP contribution in [-0.2, 0) is 13.1 Å². The van der Waals surface area contributed by atoms with Gasteiger partial charge in [0.25, 0.3) is 0 Å². The van der Waals surface area contributed by atoms with Crippen LogP contribution in [0.1, 0.15) is 22.4 Å². The number of amides is 2. The summed E-state index contributed by atoms with van der Waals surface area (Å²) < 4.78 is 12.8. The molecule has 6 heteroatoms. The van der Waals surface area contributed by atoms with Gasteiger partial charge in [0.15, 0.2) is 11.5 Å². The minimum absolute atomic E-state index is 0.211. The fourth-order valence-electron chi connectivity index (χ4n) is 3.24. The summed E-state index contributed by atoms with van der Waals surface area (Å²) in [5.41, 5.74) is 5.49. The lowest BCUT2D eigenvalue weighted by molar-refractivity contribution is 0.174. The predicted molar refractivity (Wildman–Crippen MR) is 108 cm³/mol. The Bertz CT molecular complexity index is 1010. The molecule has 0 bridgehead atoms. The number of benzene rings is 2. The van der Waals surface area contributed by atoms with E-state index in [-0.39, 0.29) is 12.8 Å². The molecule has 0 fully saturated rings. The maximum Gasteiger partial charge on any atom is 0.319 e. The molecule has 2 heterocycles. The van der Waals surface area contributed by atoms with Crippen LogP contribution in [0.25, 0.3) is 0 Å². The van der Waals surface area contributed by atoms with E-state index in [1.807, 2.05) is 18.3 Å². The molecule has 1 aliphatic rings. The van der Waals surface area contributed by atoms with E-state index in [0.717, 1.165) is 12.2 Å². The fourth-order valence-corrected chi connectivity index (χ4v) is 3.24. The fraction of sp³-hybridized carbons (Fsp3) is 0.227. The Morgan fingerprint density at radius 3 is 2.82 bits per heavy atom. The van der Waals surface area contributed by atoms with Crippen LogP contribution in [0.5, 0.6) is 11.5 Å². The van der Waals surface area contributed by atoms with Crippen molar-refractivity contribution in [3.63, 3.8) is 0 Å². The average molecular weight is 377 g/mol. The number of carbonyl (C=O) groups excluding carboxylic acids is 1. The van der Waals surface area contributed by atoms with Crippen molar-refractivity contribution >= 4 is 11.7 Å². The Labute approximate surface area is 164 Å². The van der Waals surface area contributed by atoms with Gasteiger partial charge in [-0.3, -0.25) is 0 Å². The van der Waals surface area contributed by atoms with Crippen molar-refractivity contribution in [2.45, 2.75) is 26.9 Å². The van der Waals surface area contributed by atoms with E-state index in [9.17, 15) is 4.79 Å². The van der Waals surface area contributed by atoms with E-state index < -0.39 is 0 Å². The van der Waals surface area contributed by atoms with Crippen molar-refractivity contribution in [1.29, 1.82) is 0 Å². The maximum atomic E-state index is 12.3. The molecule has 3 aromatic rings. The molecule has 4 rings (SSSR count). The molecule has 0 spiro atoms. The SMILES string of the molecule is Cc1ccc(C)c(Cn2cccc2CNC(=O)Nc2ccc3c(c2)OCO3)c1. The molecule has 144 valence electrons. The van der Waals surface area contributed by atoms with E-state index in [1.54, 1.807) is 18.2 Å². The lowest BCUT2D eigenvalue weighted by atomic mass is 10.1. The van der Waals surface area contributed by atoms with E-state index in [0.29, 0.717) is 23.7 Å². The van der Waals surface area contributed by atoms with Crippen LogP contribution in [0.4, 0.5) is 10.5 Å². The largest absolute Gasteiger partial charge is 0.454 e. The number of aryl methyl sites for hydroxylation is 2. The van der Waals surface area contributed by atoms with Crippen molar-refractivity contribution in [3.8, 4) is 11.5 Å². The quantitative estimate of drug-likeness (QED) is 0.700. The molecule has 0 saturated carbocycles. The highest BCUT2D eigenvalue weighted by Crippen LogP contribution is 2.34. The third kappa shape index (κ3) is 3.96. The number of urea groups is 1. The molecule has 28 heavy (non-hydrogen) atoms. The Balaban J connectivity index is 1.37. The molecule has 1 aliphatic heterocycles.